The van der Waals surface area contributed by atoms with Crippen LogP contribution in [0.25, 0.3) is 10.9 Å². The molecule has 5 rings (SSSR count). The van der Waals surface area contributed by atoms with E-state index in [0.29, 0.717) is 0 Å². The minimum absolute atomic E-state index is 0.167. The third-order valence-corrected chi connectivity index (χ3v) is 8.98. The van der Waals surface area contributed by atoms with Crippen molar-refractivity contribution >= 4 is 51.1 Å². The second-order valence-electron chi connectivity index (χ2n) is 11.2. The predicted octanol–water partition coefficient (Wildman–Crippen LogP) is 7.75. The second-order valence-corrected chi connectivity index (χ2v) is 12.4. The number of aromatic amines is 1. The van der Waals surface area contributed by atoms with Gasteiger partial charge in [0, 0.05) is 39.0 Å². The number of carbonyl (C=O) groups excluding carboxylic acids is 2. The molecule has 0 bridgehead atoms. The summed E-state index contributed by atoms with van der Waals surface area (Å²) in [5.74, 6) is -0.184. The number of amides is 3. The number of para-hydroxylation sites is 1. The van der Waals surface area contributed by atoms with Gasteiger partial charge >= 0.3 is 12.2 Å². The molecule has 1 aliphatic carbocycles. The number of benzene rings is 2. The maximum Gasteiger partial charge on any atom is 0.416 e. The van der Waals surface area contributed by atoms with Crippen LogP contribution >= 0.6 is 22.6 Å². The Morgan fingerprint density at radius 2 is 1.74 bits per heavy atom. The van der Waals surface area contributed by atoms with Gasteiger partial charge in [-0.25, -0.2) is 4.79 Å². The number of alkyl halides is 3. The second kappa shape index (κ2) is 12.9. The average Bonchev–Trinajstić information content (AvgIpc) is 3.38. The van der Waals surface area contributed by atoms with Gasteiger partial charge in [-0.15, -0.1) is 0 Å². The van der Waals surface area contributed by atoms with Crippen LogP contribution in [0.2, 0.25) is 0 Å². The Kier molecular flexibility index (Phi) is 9.28. The van der Waals surface area contributed by atoms with Gasteiger partial charge in [-0.05, 0) is 96.3 Å². The lowest BCUT2D eigenvalue weighted by Gasteiger charge is -2.35. The number of anilines is 1. The molecule has 2 atom stereocenters. The Labute approximate surface area is 261 Å². The van der Waals surface area contributed by atoms with Crippen LogP contribution in [0.3, 0.4) is 0 Å². The van der Waals surface area contributed by atoms with Crippen LogP contribution in [0.15, 0.2) is 73.1 Å². The fourth-order valence-electron chi connectivity index (χ4n) is 5.80. The minimum atomic E-state index is -4.49. The Morgan fingerprint density at radius 1 is 1.02 bits per heavy atom. The first-order valence-electron chi connectivity index (χ1n) is 14.3. The highest BCUT2D eigenvalue weighted by Gasteiger charge is 2.39. The fraction of sp³-hybridized carbons (Fsp3) is 0.344. The van der Waals surface area contributed by atoms with Crippen LogP contribution in [0, 0.1) is 9.49 Å². The van der Waals surface area contributed by atoms with Gasteiger partial charge < -0.3 is 20.9 Å². The molecule has 3 amide bonds. The van der Waals surface area contributed by atoms with Crippen LogP contribution in [0.1, 0.15) is 61.9 Å². The van der Waals surface area contributed by atoms with Gasteiger partial charge in [-0.3, -0.25) is 9.78 Å². The molecule has 226 valence electrons. The lowest BCUT2D eigenvalue weighted by molar-refractivity contribution is -0.137. The third kappa shape index (κ3) is 7.31. The van der Waals surface area contributed by atoms with E-state index in [2.05, 4.69) is 48.5 Å². The molecular weight excluding hydrogens is 670 g/mol. The van der Waals surface area contributed by atoms with Crippen molar-refractivity contribution in [3.05, 3.63) is 93.4 Å². The smallest absolute Gasteiger partial charge is 0.361 e. The van der Waals surface area contributed by atoms with Crippen molar-refractivity contribution in [2.75, 3.05) is 5.32 Å². The third-order valence-electron chi connectivity index (χ3n) is 8.07. The molecular formula is C32H33F3IN5O2. The Hall–Kier alpha value is -3.61. The topological polar surface area (TPSA) is 98.9 Å². The number of aromatic nitrogens is 2. The number of pyridine rings is 1. The summed E-state index contributed by atoms with van der Waals surface area (Å²) < 4.78 is 40.0. The van der Waals surface area contributed by atoms with Crippen molar-refractivity contribution in [1.29, 1.82) is 0 Å². The molecule has 1 aliphatic rings. The van der Waals surface area contributed by atoms with Gasteiger partial charge in [0.05, 0.1) is 17.3 Å². The van der Waals surface area contributed by atoms with E-state index in [9.17, 15) is 22.8 Å². The summed E-state index contributed by atoms with van der Waals surface area (Å²) in [6.45, 7) is 1.66. The molecule has 4 N–H and O–H groups in total. The first-order chi connectivity index (χ1) is 20.5. The Balaban J connectivity index is 1.43. The standard InChI is InChI=1S/C32H33F3IN5O2/c1-31(18-21-19-38-26-12-6-5-10-24(21)26,41-30(43)39-23-15-13-22(14-16-23)32(33,34)35)29(42)40-27(20-8-3-2-4-9-20)28-25(36)11-7-17-37-28/h5-7,10-17,19-20,27,38H,2-4,8-9,18H2,1H3,(H,40,42)(H2,39,41,43). The summed E-state index contributed by atoms with van der Waals surface area (Å²) in [5, 5.41) is 9.61. The van der Waals surface area contributed by atoms with Gasteiger partial charge in [0.1, 0.15) is 5.54 Å². The SMILES string of the molecule is CC(Cc1c[nH]c2ccccc12)(NC(=O)Nc1ccc(C(F)(F)F)cc1)C(=O)NC(c1ncccc1I)C1CCCCC1. The average molecular weight is 704 g/mol. The zero-order valence-electron chi connectivity index (χ0n) is 23.6. The first-order valence-corrected chi connectivity index (χ1v) is 15.3. The molecule has 0 radical (unpaired) electrons. The molecule has 1 saturated carbocycles. The van der Waals surface area contributed by atoms with E-state index in [1.165, 1.54) is 12.1 Å². The van der Waals surface area contributed by atoms with E-state index in [1.807, 2.05) is 42.6 Å². The summed E-state index contributed by atoms with van der Waals surface area (Å²) in [6.07, 6.45) is 4.43. The van der Waals surface area contributed by atoms with Crippen molar-refractivity contribution in [1.82, 2.24) is 20.6 Å². The van der Waals surface area contributed by atoms with E-state index >= 15 is 0 Å². The van der Waals surface area contributed by atoms with E-state index in [0.717, 1.165) is 70.0 Å². The molecule has 2 unspecified atom stereocenters. The van der Waals surface area contributed by atoms with Crippen LogP contribution in [0.5, 0.6) is 0 Å². The molecule has 4 aromatic rings. The number of hydrogen-bond donors (Lipinski definition) is 4. The molecule has 1 fully saturated rings. The van der Waals surface area contributed by atoms with Crippen LogP contribution in [-0.2, 0) is 17.4 Å². The monoisotopic (exact) mass is 703 g/mol. The number of H-pyrrole nitrogens is 1. The summed E-state index contributed by atoms with van der Waals surface area (Å²) in [5.41, 5.74) is 0.464. The van der Waals surface area contributed by atoms with Gasteiger partial charge in [0.2, 0.25) is 5.91 Å². The highest BCUT2D eigenvalue weighted by molar-refractivity contribution is 14.1. The van der Waals surface area contributed by atoms with Crippen molar-refractivity contribution in [2.24, 2.45) is 5.92 Å². The lowest BCUT2D eigenvalue weighted by Crippen LogP contribution is -2.60. The number of fused-ring (bicyclic) bond motifs is 1. The summed E-state index contributed by atoms with van der Waals surface area (Å²) in [6, 6.07) is 14.6. The van der Waals surface area contributed by atoms with Crippen LogP contribution in [-0.4, -0.2) is 27.4 Å². The van der Waals surface area contributed by atoms with Crippen molar-refractivity contribution in [3.63, 3.8) is 0 Å². The lowest BCUT2D eigenvalue weighted by atomic mass is 9.81. The van der Waals surface area contributed by atoms with E-state index < -0.39 is 23.3 Å². The molecule has 0 spiro atoms. The number of urea groups is 1. The maximum absolute atomic E-state index is 14.3. The van der Waals surface area contributed by atoms with Gasteiger partial charge in [-0.2, -0.15) is 13.2 Å². The van der Waals surface area contributed by atoms with Crippen molar-refractivity contribution in [2.45, 2.75) is 63.2 Å². The largest absolute Gasteiger partial charge is 0.416 e. The molecule has 2 aromatic heterocycles. The molecule has 0 aliphatic heterocycles. The minimum Gasteiger partial charge on any atom is -0.361 e. The normalized spacial score (nSPS) is 16.3. The quantitative estimate of drug-likeness (QED) is 0.141. The zero-order valence-corrected chi connectivity index (χ0v) is 25.8. The van der Waals surface area contributed by atoms with Crippen molar-refractivity contribution < 1.29 is 22.8 Å². The van der Waals surface area contributed by atoms with Crippen molar-refractivity contribution in [3.8, 4) is 0 Å². The highest BCUT2D eigenvalue weighted by atomic mass is 127. The number of rotatable bonds is 8. The summed E-state index contributed by atoms with van der Waals surface area (Å²) in [4.78, 5) is 35.4. The van der Waals surface area contributed by atoms with Crippen LogP contribution < -0.4 is 16.0 Å². The van der Waals surface area contributed by atoms with Gasteiger partial charge in [-0.1, -0.05) is 37.5 Å². The molecule has 2 heterocycles. The fourth-order valence-corrected chi connectivity index (χ4v) is 6.48. The molecule has 43 heavy (non-hydrogen) atoms. The number of hydrogen-bond acceptors (Lipinski definition) is 3. The number of nitrogens with zero attached hydrogens (tertiary/aromatic N) is 1. The molecule has 2 aromatic carbocycles. The number of carbonyl (C=O) groups is 2. The number of nitrogens with one attached hydrogen (secondary N) is 4. The molecule has 7 nitrogen and oxygen atoms in total. The summed E-state index contributed by atoms with van der Waals surface area (Å²) >= 11 is 2.24. The van der Waals surface area contributed by atoms with Gasteiger partial charge in [0.25, 0.3) is 0 Å². The zero-order chi connectivity index (χ0) is 30.6. The van der Waals surface area contributed by atoms with E-state index in [4.69, 9.17) is 0 Å². The van der Waals surface area contributed by atoms with Gasteiger partial charge in [0.15, 0.2) is 0 Å². The maximum atomic E-state index is 14.3. The Bertz CT molecular complexity index is 1580. The summed E-state index contributed by atoms with van der Waals surface area (Å²) in [7, 11) is 0. The predicted molar refractivity (Wildman–Crippen MR) is 168 cm³/mol. The number of halogens is 4. The molecule has 0 saturated heterocycles. The first kappa shape index (κ1) is 30.8. The molecule has 11 heteroatoms. The van der Waals surface area contributed by atoms with E-state index in [1.54, 1.807) is 13.1 Å². The van der Waals surface area contributed by atoms with Crippen LogP contribution in [0.4, 0.5) is 23.7 Å². The van der Waals surface area contributed by atoms with E-state index in [-0.39, 0.29) is 30.0 Å². The Morgan fingerprint density at radius 3 is 2.44 bits per heavy atom. The highest BCUT2D eigenvalue weighted by Crippen LogP contribution is 2.36.